The van der Waals surface area contributed by atoms with E-state index in [-0.39, 0.29) is 5.91 Å². The molecule has 1 aromatic heterocycles. The van der Waals surface area contributed by atoms with Crippen LogP contribution in [0.2, 0.25) is 0 Å². The summed E-state index contributed by atoms with van der Waals surface area (Å²) in [6.45, 7) is 0.867. The Balaban J connectivity index is 1.47. The van der Waals surface area contributed by atoms with Crippen LogP contribution in [0.5, 0.6) is 0 Å². The zero-order chi connectivity index (χ0) is 18.1. The second-order valence-electron chi connectivity index (χ2n) is 6.32. The van der Waals surface area contributed by atoms with Crippen molar-refractivity contribution >= 4 is 38.5 Å². The molecule has 0 saturated carbocycles. The average molecular weight is 387 g/mol. The molecule has 4 rings (SSSR count). The highest BCUT2D eigenvalue weighted by Gasteiger charge is 2.32. The summed E-state index contributed by atoms with van der Waals surface area (Å²) in [7, 11) is -3.35. The van der Waals surface area contributed by atoms with Gasteiger partial charge in [-0.05, 0) is 43.2 Å². The van der Waals surface area contributed by atoms with Crippen molar-refractivity contribution in [1.29, 1.82) is 0 Å². The maximum absolute atomic E-state index is 12.7. The highest BCUT2D eigenvalue weighted by atomic mass is 32.2. The van der Waals surface area contributed by atoms with E-state index in [1.165, 1.54) is 0 Å². The molecule has 0 spiro atoms. The van der Waals surface area contributed by atoms with Crippen LogP contribution in [0.1, 0.15) is 23.2 Å². The predicted octanol–water partition coefficient (Wildman–Crippen LogP) is 2.77. The molecule has 0 radical (unpaired) electrons. The zero-order valence-corrected chi connectivity index (χ0v) is 15.5. The fraction of sp³-hybridized carbons (Fsp3) is 0.278. The maximum atomic E-state index is 12.7. The standard InChI is InChI=1S/C18H17N3O3S2/c22-18(13-6-7-16-17(12-13)20-25-19-16)21-10-8-15(9-11-21)26(23,24)14-4-2-1-3-5-14/h1-7,12,15H,8-11H2. The number of aromatic nitrogens is 2. The van der Waals surface area contributed by atoms with Gasteiger partial charge in [0, 0.05) is 18.7 Å². The van der Waals surface area contributed by atoms with Crippen LogP contribution < -0.4 is 0 Å². The fourth-order valence-corrected chi connectivity index (χ4v) is 5.54. The molecule has 6 nitrogen and oxygen atoms in total. The summed E-state index contributed by atoms with van der Waals surface area (Å²) in [5.41, 5.74) is 2.05. The molecule has 0 N–H and O–H groups in total. The summed E-state index contributed by atoms with van der Waals surface area (Å²) < 4.78 is 33.8. The van der Waals surface area contributed by atoms with Gasteiger partial charge in [-0.25, -0.2) is 8.42 Å². The molecule has 1 aliphatic rings. The van der Waals surface area contributed by atoms with Crippen LogP contribution in [0.25, 0.3) is 11.0 Å². The topological polar surface area (TPSA) is 80.2 Å². The van der Waals surface area contributed by atoms with E-state index in [9.17, 15) is 13.2 Å². The van der Waals surface area contributed by atoms with E-state index in [4.69, 9.17) is 0 Å². The predicted molar refractivity (Wildman–Crippen MR) is 100.0 cm³/mol. The highest BCUT2D eigenvalue weighted by Crippen LogP contribution is 2.25. The van der Waals surface area contributed by atoms with Crippen LogP contribution in [0.3, 0.4) is 0 Å². The van der Waals surface area contributed by atoms with Crippen molar-refractivity contribution in [3.63, 3.8) is 0 Å². The van der Waals surface area contributed by atoms with Gasteiger partial charge in [0.1, 0.15) is 11.0 Å². The first-order chi connectivity index (χ1) is 12.6. The number of fused-ring (bicyclic) bond motifs is 1. The molecule has 1 saturated heterocycles. The van der Waals surface area contributed by atoms with Crippen LogP contribution in [-0.4, -0.2) is 46.3 Å². The number of carbonyl (C=O) groups excluding carboxylic acids is 1. The number of nitrogens with zero attached hydrogens (tertiary/aromatic N) is 3. The SMILES string of the molecule is O=C(c1ccc2nsnc2c1)N1CCC(S(=O)(=O)c2ccccc2)CC1. The van der Waals surface area contributed by atoms with Crippen LogP contribution in [-0.2, 0) is 9.84 Å². The Bertz CT molecular complexity index is 1040. The molecular formula is C18H17N3O3S2. The van der Waals surface area contributed by atoms with Crippen molar-refractivity contribution in [2.24, 2.45) is 0 Å². The Hall–Kier alpha value is -2.32. The minimum atomic E-state index is -3.35. The average Bonchev–Trinajstić information content (AvgIpc) is 3.16. The van der Waals surface area contributed by atoms with Gasteiger partial charge in [0.15, 0.2) is 9.84 Å². The van der Waals surface area contributed by atoms with Crippen LogP contribution in [0.4, 0.5) is 0 Å². The van der Waals surface area contributed by atoms with Crippen molar-refractivity contribution in [2.75, 3.05) is 13.1 Å². The second kappa shape index (κ2) is 6.77. The van der Waals surface area contributed by atoms with Gasteiger partial charge in [-0.1, -0.05) is 18.2 Å². The summed E-state index contributed by atoms with van der Waals surface area (Å²) in [4.78, 5) is 14.8. The largest absolute Gasteiger partial charge is 0.339 e. The molecule has 0 bridgehead atoms. The number of sulfone groups is 1. The second-order valence-corrected chi connectivity index (χ2v) is 9.07. The van der Waals surface area contributed by atoms with Crippen molar-refractivity contribution in [3.8, 4) is 0 Å². The Morgan fingerprint density at radius 2 is 1.69 bits per heavy atom. The quantitative estimate of drug-likeness (QED) is 0.690. The van der Waals surface area contributed by atoms with E-state index in [1.54, 1.807) is 53.4 Å². The molecule has 1 amide bonds. The van der Waals surface area contributed by atoms with Crippen molar-refractivity contribution in [2.45, 2.75) is 23.0 Å². The molecule has 1 fully saturated rings. The monoisotopic (exact) mass is 387 g/mol. The summed E-state index contributed by atoms with van der Waals surface area (Å²) in [6, 6.07) is 13.8. The smallest absolute Gasteiger partial charge is 0.253 e. The van der Waals surface area contributed by atoms with Gasteiger partial charge in [0.2, 0.25) is 0 Å². The minimum Gasteiger partial charge on any atom is -0.339 e. The van der Waals surface area contributed by atoms with Gasteiger partial charge in [-0.15, -0.1) is 0 Å². The van der Waals surface area contributed by atoms with Crippen LogP contribution >= 0.6 is 11.7 Å². The fourth-order valence-electron chi connectivity index (χ4n) is 3.27. The van der Waals surface area contributed by atoms with Crippen molar-refractivity contribution in [1.82, 2.24) is 13.6 Å². The number of amides is 1. The number of carbonyl (C=O) groups is 1. The van der Waals surface area contributed by atoms with Gasteiger partial charge in [-0.2, -0.15) is 8.75 Å². The molecule has 134 valence electrons. The molecular weight excluding hydrogens is 370 g/mol. The van der Waals surface area contributed by atoms with E-state index in [0.29, 0.717) is 41.9 Å². The van der Waals surface area contributed by atoms with Crippen LogP contribution in [0, 0.1) is 0 Å². The third-order valence-electron chi connectivity index (χ3n) is 4.74. The molecule has 2 heterocycles. The minimum absolute atomic E-state index is 0.0875. The third kappa shape index (κ3) is 3.10. The molecule has 0 aliphatic carbocycles. The summed E-state index contributed by atoms with van der Waals surface area (Å²) >= 11 is 1.12. The van der Waals surface area contributed by atoms with E-state index in [1.807, 2.05) is 0 Å². The van der Waals surface area contributed by atoms with E-state index in [2.05, 4.69) is 8.75 Å². The lowest BCUT2D eigenvalue weighted by Crippen LogP contribution is -2.42. The first-order valence-corrected chi connectivity index (χ1v) is 10.6. The Morgan fingerprint density at radius 3 is 2.42 bits per heavy atom. The number of likely N-dealkylation sites (tertiary alicyclic amines) is 1. The maximum Gasteiger partial charge on any atom is 0.253 e. The first kappa shape index (κ1) is 17.1. The Morgan fingerprint density at radius 1 is 1.00 bits per heavy atom. The van der Waals surface area contributed by atoms with Crippen LogP contribution in [0.15, 0.2) is 53.4 Å². The van der Waals surface area contributed by atoms with Crippen molar-refractivity contribution < 1.29 is 13.2 Å². The third-order valence-corrected chi connectivity index (χ3v) is 7.58. The first-order valence-electron chi connectivity index (χ1n) is 8.36. The molecule has 2 aromatic carbocycles. The van der Waals surface area contributed by atoms with E-state index < -0.39 is 15.1 Å². The van der Waals surface area contributed by atoms with Gasteiger partial charge in [-0.3, -0.25) is 4.79 Å². The van der Waals surface area contributed by atoms with Gasteiger partial charge in [0.05, 0.1) is 21.9 Å². The molecule has 8 heteroatoms. The van der Waals surface area contributed by atoms with Gasteiger partial charge in [0.25, 0.3) is 5.91 Å². The number of benzene rings is 2. The zero-order valence-electron chi connectivity index (χ0n) is 13.9. The molecule has 3 aromatic rings. The molecule has 0 unspecified atom stereocenters. The lowest BCUT2D eigenvalue weighted by atomic mass is 10.1. The lowest BCUT2D eigenvalue weighted by molar-refractivity contribution is 0.0726. The van der Waals surface area contributed by atoms with E-state index in [0.717, 1.165) is 17.2 Å². The Kier molecular flexibility index (Phi) is 4.46. The van der Waals surface area contributed by atoms with Gasteiger partial charge < -0.3 is 4.90 Å². The summed E-state index contributed by atoms with van der Waals surface area (Å²) in [5.74, 6) is -0.0875. The normalized spacial score (nSPS) is 16.1. The number of hydrogen-bond acceptors (Lipinski definition) is 6. The highest BCUT2D eigenvalue weighted by molar-refractivity contribution is 7.92. The molecule has 1 aliphatic heterocycles. The summed E-state index contributed by atoms with van der Waals surface area (Å²) in [6.07, 6.45) is 0.896. The Labute approximate surface area is 155 Å². The van der Waals surface area contributed by atoms with Crippen molar-refractivity contribution in [3.05, 3.63) is 54.1 Å². The molecule has 26 heavy (non-hydrogen) atoms. The number of hydrogen-bond donors (Lipinski definition) is 0. The number of piperidine rings is 1. The van der Waals surface area contributed by atoms with E-state index >= 15 is 0 Å². The van der Waals surface area contributed by atoms with Gasteiger partial charge >= 0.3 is 0 Å². The lowest BCUT2D eigenvalue weighted by Gasteiger charge is -2.31. The molecule has 0 atom stereocenters. The number of rotatable bonds is 3. The summed E-state index contributed by atoms with van der Waals surface area (Å²) in [5, 5.41) is -0.445.